The second kappa shape index (κ2) is 6.55. The van der Waals surface area contributed by atoms with Crippen molar-refractivity contribution in [2.75, 3.05) is 26.8 Å². The van der Waals surface area contributed by atoms with Crippen molar-refractivity contribution in [2.24, 2.45) is 16.7 Å². The van der Waals surface area contributed by atoms with Crippen molar-refractivity contribution in [2.45, 2.75) is 62.8 Å². The number of nitrogens with one attached hydrogen (secondary N) is 1. The Morgan fingerprint density at radius 1 is 1.11 bits per heavy atom. The fourth-order valence-electron chi connectivity index (χ4n) is 7.87. The largest absolute Gasteiger partial charge is 0.342 e. The van der Waals surface area contributed by atoms with Gasteiger partial charge in [0.15, 0.2) is 0 Å². The van der Waals surface area contributed by atoms with E-state index in [0.717, 1.165) is 64.5 Å². The van der Waals surface area contributed by atoms with Crippen LogP contribution in [-0.2, 0) is 10.2 Å². The van der Waals surface area contributed by atoms with E-state index in [1.54, 1.807) is 0 Å². The zero-order valence-corrected chi connectivity index (χ0v) is 17.1. The number of alkyl halides is 1. The molecule has 28 heavy (non-hydrogen) atoms. The predicted molar refractivity (Wildman–Crippen MR) is 109 cm³/mol. The molecule has 0 radical (unpaired) electrons. The van der Waals surface area contributed by atoms with Gasteiger partial charge in [0.2, 0.25) is 5.91 Å². The number of amides is 1. The average molecular weight is 385 g/mol. The Morgan fingerprint density at radius 3 is 2.57 bits per heavy atom. The molecule has 1 N–H and O–H groups in total. The molecule has 1 heterocycles. The zero-order chi connectivity index (χ0) is 19.4. The Morgan fingerprint density at radius 2 is 1.86 bits per heavy atom. The van der Waals surface area contributed by atoms with Crippen LogP contribution in [-0.4, -0.2) is 43.7 Å². The molecule has 5 fully saturated rings. The molecule has 4 atom stereocenters. The fourth-order valence-corrected chi connectivity index (χ4v) is 7.87. The minimum Gasteiger partial charge on any atom is -0.342 e. The van der Waals surface area contributed by atoms with Crippen LogP contribution in [0.25, 0.3) is 0 Å². The van der Waals surface area contributed by atoms with Gasteiger partial charge in [0.25, 0.3) is 0 Å². The lowest BCUT2D eigenvalue weighted by Gasteiger charge is -2.66. The van der Waals surface area contributed by atoms with Crippen LogP contribution in [0.3, 0.4) is 0 Å². The van der Waals surface area contributed by atoms with Gasteiger partial charge in [-0.25, -0.2) is 0 Å². The van der Waals surface area contributed by atoms with Crippen molar-refractivity contribution in [1.82, 2.24) is 10.2 Å². The Balaban J connectivity index is 1.51. The number of carbonyl (C=O) groups is 1. The van der Waals surface area contributed by atoms with Gasteiger partial charge >= 0.3 is 0 Å². The summed E-state index contributed by atoms with van der Waals surface area (Å²) in [6.45, 7) is 1.70. The van der Waals surface area contributed by atoms with Crippen LogP contribution in [0.15, 0.2) is 30.3 Å². The number of hydrogen-bond acceptors (Lipinski definition) is 2. The van der Waals surface area contributed by atoms with Crippen LogP contribution < -0.4 is 5.32 Å². The molecule has 4 heteroatoms. The molecule has 2 unspecified atom stereocenters. The summed E-state index contributed by atoms with van der Waals surface area (Å²) in [7, 11) is 2.01. The van der Waals surface area contributed by atoms with Crippen LogP contribution in [0, 0.1) is 16.7 Å². The first kappa shape index (κ1) is 18.6. The third kappa shape index (κ3) is 2.74. The minimum atomic E-state index is -0.360. The second-order valence-electron chi connectivity index (χ2n) is 10.5. The molecule has 1 aromatic carbocycles. The first-order valence-corrected chi connectivity index (χ1v) is 11.1. The number of benzene rings is 1. The third-order valence-corrected chi connectivity index (χ3v) is 8.48. The van der Waals surface area contributed by atoms with E-state index in [0.29, 0.717) is 17.9 Å². The van der Waals surface area contributed by atoms with E-state index >= 15 is 0 Å². The lowest BCUT2D eigenvalue weighted by atomic mass is 9.38. The van der Waals surface area contributed by atoms with E-state index in [1.807, 2.05) is 7.05 Å². The van der Waals surface area contributed by atoms with E-state index < -0.39 is 0 Å². The minimum absolute atomic E-state index is 0.0165. The van der Waals surface area contributed by atoms with Crippen LogP contribution in [0.1, 0.15) is 56.9 Å². The van der Waals surface area contributed by atoms with E-state index in [-0.39, 0.29) is 22.9 Å². The number of piperidine rings is 1. The normalized spacial score (nSPS) is 39.9. The van der Waals surface area contributed by atoms with E-state index in [2.05, 4.69) is 40.5 Å². The molecule has 152 valence electrons. The maximum absolute atomic E-state index is 14.5. The van der Waals surface area contributed by atoms with Crippen LogP contribution in [0.2, 0.25) is 0 Å². The summed E-state index contributed by atoms with van der Waals surface area (Å²) in [5.74, 6) is 0.791. The average Bonchev–Trinajstić information content (AvgIpc) is 2.73. The van der Waals surface area contributed by atoms with Crippen LogP contribution in [0.4, 0.5) is 4.39 Å². The summed E-state index contributed by atoms with van der Waals surface area (Å²) in [5.41, 5.74) is 0.664. The van der Waals surface area contributed by atoms with Crippen molar-refractivity contribution >= 4 is 5.91 Å². The summed E-state index contributed by atoms with van der Waals surface area (Å²) in [6, 6.07) is 11.0. The van der Waals surface area contributed by atoms with Gasteiger partial charge in [-0.3, -0.25) is 9.18 Å². The molecule has 0 spiro atoms. The SMILES string of the molecule is CN(C(=O)C12CC3C[C@@](CF)(C1)C[C@](c1ccccc1)(C3)C2)C1CCNCC1. The molecule has 1 aliphatic heterocycles. The van der Waals surface area contributed by atoms with Gasteiger partial charge in [-0.1, -0.05) is 30.3 Å². The molecule has 4 bridgehead atoms. The number of rotatable bonds is 4. The van der Waals surface area contributed by atoms with E-state index in [1.165, 1.54) is 5.56 Å². The fraction of sp³-hybridized carbons (Fsp3) is 0.708. The Bertz CT molecular complexity index is 748. The molecule has 6 rings (SSSR count). The van der Waals surface area contributed by atoms with E-state index in [4.69, 9.17) is 0 Å². The quantitative estimate of drug-likeness (QED) is 0.849. The third-order valence-electron chi connectivity index (χ3n) is 8.48. The molecule has 3 nitrogen and oxygen atoms in total. The van der Waals surface area contributed by atoms with Gasteiger partial charge in [0.05, 0.1) is 12.1 Å². The molecular formula is C24H33FN2O. The Kier molecular flexibility index (Phi) is 4.35. The number of carbonyl (C=O) groups excluding carboxylic acids is 1. The summed E-state index contributed by atoms with van der Waals surface area (Å²) >= 11 is 0. The van der Waals surface area contributed by atoms with Gasteiger partial charge in [0, 0.05) is 18.5 Å². The second-order valence-corrected chi connectivity index (χ2v) is 10.5. The predicted octanol–water partition coefficient (Wildman–Crippen LogP) is 4.07. The highest BCUT2D eigenvalue weighted by Gasteiger charge is 2.66. The first-order valence-electron chi connectivity index (χ1n) is 11.1. The molecule has 0 aromatic heterocycles. The smallest absolute Gasteiger partial charge is 0.228 e. The molecule has 1 saturated heterocycles. The highest BCUT2D eigenvalue weighted by atomic mass is 19.1. The Labute approximate surface area is 168 Å². The lowest BCUT2D eigenvalue weighted by Crippen LogP contribution is -2.64. The molecule has 1 amide bonds. The molecule has 5 aliphatic rings. The van der Waals surface area contributed by atoms with Crippen molar-refractivity contribution < 1.29 is 9.18 Å². The van der Waals surface area contributed by atoms with Crippen LogP contribution >= 0.6 is 0 Å². The molecule has 1 aromatic rings. The Hall–Kier alpha value is -1.42. The molecular weight excluding hydrogens is 351 g/mol. The summed E-state index contributed by atoms with van der Waals surface area (Å²) in [5, 5.41) is 3.40. The van der Waals surface area contributed by atoms with Crippen molar-refractivity contribution in [3.8, 4) is 0 Å². The summed E-state index contributed by atoms with van der Waals surface area (Å²) < 4.78 is 14.5. The maximum atomic E-state index is 14.5. The topological polar surface area (TPSA) is 32.3 Å². The summed E-state index contributed by atoms with van der Waals surface area (Å²) in [6.07, 6.45) is 7.72. The summed E-state index contributed by atoms with van der Waals surface area (Å²) in [4.78, 5) is 16.0. The highest BCUT2D eigenvalue weighted by Crippen LogP contribution is 2.70. The van der Waals surface area contributed by atoms with Gasteiger partial charge < -0.3 is 10.2 Å². The van der Waals surface area contributed by atoms with Crippen molar-refractivity contribution in [1.29, 1.82) is 0 Å². The molecule has 4 aliphatic carbocycles. The van der Waals surface area contributed by atoms with Gasteiger partial charge in [-0.05, 0) is 81.4 Å². The zero-order valence-electron chi connectivity index (χ0n) is 17.1. The van der Waals surface area contributed by atoms with Gasteiger partial charge in [0.1, 0.15) is 0 Å². The standard InChI is InChI=1S/C24H33FN2O/c1-27(20-7-9-26-10-8-20)21(28)24-13-18-11-22(15-24,17-25)14-23(12-18,16-24)19-5-3-2-4-6-19/h2-6,18,20,26H,7-17H2,1H3/t18?,22-,23+,24?/m0/s1. The molecule has 4 saturated carbocycles. The van der Waals surface area contributed by atoms with Gasteiger partial charge in [-0.15, -0.1) is 0 Å². The number of hydrogen-bond donors (Lipinski definition) is 1. The monoisotopic (exact) mass is 384 g/mol. The lowest BCUT2D eigenvalue weighted by molar-refractivity contribution is -0.175. The van der Waals surface area contributed by atoms with E-state index in [9.17, 15) is 9.18 Å². The number of nitrogens with zero attached hydrogens (tertiary/aromatic N) is 1. The highest BCUT2D eigenvalue weighted by molar-refractivity contribution is 5.84. The van der Waals surface area contributed by atoms with Crippen molar-refractivity contribution in [3.05, 3.63) is 35.9 Å². The number of halogens is 1. The first-order chi connectivity index (χ1) is 13.5. The van der Waals surface area contributed by atoms with Crippen LogP contribution in [0.5, 0.6) is 0 Å². The van der Waals surface area contributed by atoms with Gasteiger partial charge in [-0.2, -0.15) is 0 Å². The van der Waals surface area contributed by atoms with Crippen molar-refractivity contribution in [3.63, 3.8) is 0 Å². The maximum Gasteiger partial charge on any atom is 0.228 e.